The summed E-state index contributed by atoms with van der Waals surface area (Å²) in [4.78, 5) is 0. The Morgan fingerprint density at radius 2 is 1.84 bits per heavy atom. The summed E-state index contributed by atoms with van der Waals surface area (Å²) in [6, 6.07) is 6.99. The molecule has 0 aliphatic heterocycles. The first-order valence-electron chi connectivity index (χ1n) is 7.53. The molecule has 4 bridgehead atoms. The summed E-state index contributed by atoms with van der Waals surface area (Å²) >= 11 is 0. The molecule has 0 radical (unpaired) electrons. The number of hydrogen-bond donors (Lipinski definition) is 1. The Bertz CT molecular complexity index is 492. The monoisotopic (exact) mass is 260 g/mol. The Balaban J connectivity index is 1.74. The zero-order chi connectivity index (χ0) is 13.2. The van der Waals surface area contributed by atoms with Crippen molar-refractivity contribution in [3.8, 4) is 0 Å². The van der Waals surface area contributed by atoms with E-state index >= 15 is 0 Å². The fraction of sp³-hybridized carbons (Fsp3) is 0.647. The lowest BCUT2D eigenvalue weighted by Crippen LogP contribution is -2.59. The van der Waals surface area contributed by atoms with Gasteiger partial charge in [0.1, 0.15) is 5.82 Å². The van der Waals surface area contributed by atoms with Crippen LogP contribution in [-0.2, 0) is 0 Å². The van der Waals surface area contributed by atoms with Gasteiger partial charge in [-0.1, -0.05) is 12.1 Å². The molecule has 0 aromatic heterocycles. The van der Waals surface area contributed by atoms with Crippen molar-refractivity contribution >= 4 is 0 Å². The molecule has 5 rings (SSSR count). The highest BCUT2D eigenvalue weighted by Gasteiger charge is 2.58. The van der Waals surface area contributed by atoms with E-state index in [0.29, 0.717) is 23.7 Å². The number of halogens is 1. The zero-order valence-corrected chi connectivity index (χ0v) is 11.3. The van der Waals surface area contributed by atoms with Crippen LogP contribution in [0.5, 0.6) is 0 Å². The lowest BCUT2D eigenvalue weighted by atomic mass is 9.45. The molecule has 1 nitrogen and oxygen atoms in total. The highest BCUT2D eigenvalue weighted by molar-refractivity contribution is 5.27. The largest absolute Gasteiger partial charge is 0.390 e. The highest BCUT2D eigenvalue weighted by atomic mass is 19.1. The molecule has 1 aromatic rings. The number of benzene rings is 1. The van der Waals surface area contributed by atoms with Crippen molar-refractivity contribution in [2.24, 2.45) is 23.7 Å². The van der Waals surface area contributed by atoms with Gasteiger partial charge in [0.05, 0.1) is 5.60 Å². The predicted molar refractivity (Wildman–Crippen MR) is 72.2 cm³/mol. The molecule has 4 aliphatic rings. The van der Waals surface area contributed by atoms with Gasteiger partial charge in [0, 0.05) is 0 Å². The molecule has 0 saturated heterocycles. The van der Waals surface area contributed by atoms with Gasteiger partial charge < -0.3 is 5.11 Å². The maximum Gasteiger partial charge on any atom is 0.123 e. The van der Waals surface area contributed by atoms with Gasteiger partial charge in [0.15, 0.2) is 0 Å². The zero-order valence-electron chi connectivity index (χ0n) is 11.3. The molecule has 2 heteroatoms. The topological polar surface area (TPSA) is 20.2 Å². The van der Waals surface area contributed by atoms with Crippen molar-refractivity contribution in [3.63, 3.8) is 0 Å². The van der Waals surface area contributed by atoms with Crippen LogP contribution in [-0.4, -0.2) is 10.7 Å². The van der Waals surface area contributed by atoms with Gasteiger partial charge in [-0.3, -0.25) is 0 Å². The van der Waals surface area contributed by atoms with Crippen molar-refractivity contribution in [2.45, 2.75) is 44.1 Å². The fourth-order valence-corrected chi connectivity index (χ4v) is 5.38. The van der Waals surface area contributed by atoms with E-state index in [9.17, 15) is 9.50 Å². The van der Waals surface area contributed by atoms with Crippen LogP contribution >= 0.6 is 0 Å². The van der Waals surface area contributed by atoms with Gasteiger partial charge in [-0.2, -0.15) is 0 Å². The Morgan fingerprint density at radius 3 is 2.58 bits per heavy atom. The van der Waals surface area contributed by atoms with Crippen molar-refractivity contribution in [3.05, 3.63) is 35.6 Å². The second kappa shape index (κ2) is 3.82. The number of hydrogen-bond acceptors (Lipinski definition) is 1. The molecule has 19 heavy (non-hydrogen) atoms. The predicted octanol–water partition coefficient (Wildman–Crippen LogP) is 3.73. The maximum absolute atomic E-state index is 13.1. The van der Waals surface area contributed by atoms with Crippen LogP contribution in [0.15, 0.2) is 24.3 Å². The van der Waals surface area contributed by atoms with Crippen molar-refractivity contribution in [1.29, 1.82) is 0 Å². The Morgan fingerprint density at radius 1 is 1.11 bits per heavy atom. The molecule has 4 unspecified atom stereocenters. The summed E-state index contributed by atoms with van der Waals surface area (Å²) in [6.45, 7) is 2.04. The highest BCUT2D eigenvalue weighted by Crippen LogP contribution is 2.63. The molecule has 0 amide bonds. The van der Waals surface area contributed by atoms with Gasteiger partial charge in [-0.25, -0.2) is 4.39 Å². The van der Waals surface area contributed by atoms with E-state index in [1.54, 1.807) is 12.1 Å². The van der Waals surface area contributed by atoms with Crippen LogP contribution in [0.2, 0.25) is 0 Å². The van der Waals surface area contributed by atoms with E-state index in [0.717, 1.165) is 18.8 Å². The van der Waals surface area contributed by atoms with Gasteiger partial charge in [0.2, 0.25) is 0 Å². The normalized spacial score (nSPS) is 47.6. The Hall–Kier alpha value is -0.890. The third-order valence-corrected chi connectivity index (χ3v) is 6.20. The van der Waals surface area contributed by atoms with Crippen LogP contribution in [0.25, 0.3) is 0 Å². The summed E-state index contributed by atoms with van der Waals surface area (Å²) in [6.07, 6.45) is 4.84. The molecule has 4 saturated carbocycles. The maximum atomic E-state index is 13.1. The van der Waals surface area contributed by atoms with Gasteiger partial charge in [-0.15, -0.1) is 0 Å². The van der Waals surface area contributed by atoms with Crippen LogP contribution in [0, 0.1) is 29.5 Å². The third-order valence-electron chi connectivity index (χ3n) is 6.20. The quantitative estimate of drug-likeness (QED) is 0.815. The minimum atomic E-state index is -0.521. The first-order valence-corrected chi connectivity index (χ1v) is 7.53. The van der Waals surface area contributed by atoms with Gasteiger partial charge >= 0.3 is 0 Å². The first kappa shape index (κ1) is 11.9. The van der Waals surface area contributed by atoms with E-state index < -0.39 is 5.60 Å². The third kappa shape index (κ3) is 1.62. The summed E-state index contributed by atoms with van der Waals surface area (Å²) < 4.78 is 13.1. The van der Waals surface area contributed by atoms with Crippen LogP contribution < -0.4 is 0 Å². The molecule has 0 spiro atoms. The smallest absolute Gasteiger partial charge is 0.123 e. The average Bonchev–Trinajstić information content (AvgIpc) is 2.37. The molecule has 102 valence electrons. The lowest BCUT2D eigenvalue weighted by Gasteiger charge is -2.61. The number of rotatable bonds is 1. The molecule has 4 fully saturated rings. The van der Waals surface area contributed by atoms with Crippen LogP contribution in [0.1, 0.15) is 44.1 Å². The van der Waals surface area contributed by atoms with Crippen LogP contribution in [0.3, 0.4) is 0 Å². The minimum absolute atomic E-state index is 0.167. The number of aliphatic hydroxyl groups is 1. The van der Waals surface area contributed by atoms with E-state index in [2.05, 4.69) is 0 Å². The molecular weight excluding hydrogens is 239 g/mol. The van der Waals surface area contributed by atoms with E-state index in [1.807, 2.05) is 19.1 Å². The van der Waals surface area contributed by atoms with Crippen LogP contribution in [0.4, 0.5) is 4.39 Å². The fourth-order valence-electron chi connectivity index (χ4n) is 5.38. The van der Waals surface area contributed by atoms with E-state index in [4.69, 9.17) is 0 Å². The summed E-state index contributed by atoms with van der Waals surface area (Å²) in [5.41, 5.74) is 0.711. The molecule has 0 heterocycles. The van der Waals surface area contributed by atoms with Crippen molar-refractivity contribution in [1.82, 2.24) is 0 Å². The summed E-state index contributed by atoms with van der Waals surface area (Å²) in [5, 5.41) is 10.9. The second-order valence-electron chi connectivity index (χ2n) is 7.18. The minimum Gasteiger partial charge on any atom is -0.390 e. The van der Waals surface area contributed by atoms with Gasteiger partial charge in [-0.05, 0) is 79.9 Å². The lowest BCUT2D eigenvalue weighted by molar-refractivity contribution is -0.172. The molecule has 1 N–H and O–H groups in total. The van der Waals surface area contributed by atoms with Crippen molar-refractivity contribution in [2.75, 3.05) is 0 Å². The Kier molecular flexibility index (Phi) is 2.39. The molecule has 1 aromatic carbocycles. The molecule has 6 atom stereocenters. The molecular formula is C17H21FO. The van der Waals surface area contributed by atoms with E-state index in [-0.39, 0.29) is 5.82 Å². The van der Waals surface area contributed by atoms with Gasteiger partial charge in [0.25, 0.3) is 0 Å². The molecule has 4 aliphatic carbocycles. The summed E-state index contributed by atoms with van der Waals surface area (Å²) in [5.74, 6) is 2.66. The SMILES string of the molecule is C[C@]1(O)C2CC3CC(C2)[C@@H](c2ccc(F)cc2)C1C3. The van der Waals surface area contributed by atoms with E-state index in [1.165, 1.54) is 18.4 Å². The average molecular weight is 260 g/mol. The first-order chi connectivity index (χ1) is 9.05. The summed E-state index contributed by atoms with van der Waals surface area (Å²) in [7, 11) is 0. The Labute approximate surface area is 113 Å². The standard InChI is InChI=1S/C17H21FO/c1-17(19)13-7-10-6-12(9-13)16(15(17)8-10)11-2-4-14(18)5-3-11/h2-5,10,12-13,15-16,19H,6-9H2,1H3/t10?,12?,13?,15?,16-,17+/m1/s1. The van der Waals surface area contributed by atoms with Crippen molar-refractivity contribution < 1.29 is 9.50 Å². The second-order valence-corrected chi connectivity index (χ2v) is 7.18.